The summed E-state index contributed by atoms with van der Waals surface area (Å²) in [5, 5.41) is 3.06. The summed E-state index contributed by atoms with van der Waals surface area (Å²) >= 11 is 0. The van der Waals surface area contributed by atoms with E-state index < -0.39 is 0 Å². The molecular weight excluding hydrogens is 256 g/mol. The number of rotatable bonds is 4. The van der Waals surface area contributed by atoms with Crippen molar-refractivity contribution in [2.24, 2.45) is 0 Å². The quantitative estimate of drug-likeness (QED) is 0.861. The molecule has 6 heteroatoms. The first kappa shape index (κ1) is 13.1. The van der Waals surface area contributed by atoms with Crippen molar-refractivity contribution in [3.05, 3.63) is 18.2 Å². The van der Waals surface area contributed by atoms with Crippen LogP contribution in [-0.4, -0.2) is 45.4 Å². The summed E-state index contributed by atoms with van der Waals surface area (Å²) in [6.45, 7) is 2.14. The minimum Gasteiger partial charge on any atom is -0.352 e. The van der Waals surface area contributed by atoms with Crippen LogP contribution in [0.5, 0.6) is 0 Å². The summed E-state index contributed by atoms with van der Waals surface area (Å²) in [4.78, 5) is 29.5. The van der Waals surface area contributed by atoms with Gasteiger partial charge in [0.1, 0.15) is 5.82 Å². The first-order chi connectivity index (χ1) is 9.72. The Morgan fingerprint density at radius 2 is 2.35 bits per heavy atom. The van der Waals surface area contributed by atoms with Gasteiger partial charge < -0.3 is 14.8 Å². The van der Waals surface area contributed by atoms with Gasteiger partial charge in [-0.1, -0.05) is 0 Å². The zero-order valence-corrected chi connectivity index (χ0v) is 11.5. The SMILES string of the molecule is O=C(CCN1CCCC1=O)N[C@@H]1CCc2nccn2C1. The third kappa shape index (κ3) is 2.84. The van der Waals surface area contributed by atoms with Crippen molar-refractivity contribution < 1.29 is 9.59 Å². The molecule has 1 atom stereocenters. The molecule has 108 valence electrons. The molecule has 1 N–H and O–H groups in total. The van der Waals surface area contributed by atoms with Crippen molar-refractivity contribution >= 4 is 11.8 Å². The van der Waals surface area contributed by atoms with Gasteiger partial charge in [0.25, 0.3) is 0 Å². The Balaban J connectivity index is 1.44. The molecule has 2 amide bonds. The minimum atomic E-state index is 0.0401. The molecule has 6 nitrogen and oxygen atoms in total. The number of nitrogens with zero attached hydrogens (tertiary/aromatic N) is 3. The van der Waals surface area contributed by atoms with E-state index in [0.717, 1.165) is 38.2 Å². The van der Waals surface area contributed by atoms with E-state index in [1.165, 1.54) is 0 Å². The number of hydrogen-bond donors (Lipinski definition) is 1. The van der Waals surface area contributed by atoms with Crippen molar-refractivity contribution in [1.29, 1.82) is 0 Å². The van der Waals surface area contributed by atoms with E-state index in [1.54, 1.807) is 11.1 Å². The van der Waals surface area contributed by atoms with Crippen LogP contribution >= 0.6 is 0 Å². The number of fused-ring (bicyclic) bond motifs is 1. The summed E-state index contributed by atoms with van der Waals surface area (Å²) in [7, 11) is 0. The van der Waals surface area contributed by atoms with Gasteiger partial charge in [0.05, 0.1) is 0 Å². The Morgan fingerprint density at radius 3 is 3.15 bits per heavy atom. The summed E-state index contributed by atoms with van der Waals surface area (Å²) in [6.07, 6.45) is 7.56. The van der Waals surface area contributed by atoms with Crippen LogP contribution in [0.15, 0.2) is 12.4 Å². The highest BCUT2D eigenvalue weighted by Gasteiger charge is 2.23. The second-order valence-corrected chi connectivity index (χ2v) is 5.53. The van der Waals surface area contributed by atoms with Gasteiger partial charge in [0.2, 0.25) is 11.8 Å². The van der Waals surface area contributed by atoms with Gasteiger partial charge >= 0.3 is 0 Å². The number of carbonyl (C=O) groups excluding carboxylic acids is 2. The van der Waals surface area contributed by atoms with Crippen LogP contribution < -0.4 is 5.32 Å². The van der Waals surface area contributed by atoms with E-state index in [4.69, 9.17) is 0 Å². The Kier molecular flexibility index (Phi) is 3.71. The number of aromatic nitrogens is 2. The van der Waals surface area contributed by atoms with Crippen LogP contribution in [0.4, 0.5) is 0 Å². The van der Waals surface area contributed by atoms with Gasteiger partial charge in [-0.2, -0.15) is 0 Å². The fourth-order valence-corrected chi connectivity index (χ4v) is 2.96. The summed E-state index contributed by atoms with van der Waals surface area (Å²) < 4.78 is 2.10. The molecule has 0 saturated carbocycles. The van der Waals surface area contributed by atoms with E-state index >= 15 is 0 Å². The fourth-order valence-electron chi connectivity index (χ4n) is 2.96. The van der Waals surface area contributed by atoms with Crippen molar-refractivity contribution in [3.8, 4) is 0 Å². The Hall–Kier alpha value is -1.85. The van der Waals surface area contributed by atoms with Crippen LogP contribution in [0, 0.1) is 0 Å². The van der Waals surface area contributed by atoms with E-state index in [2.05, 4.69) is 14.9 Å². The van der Waals surface area contributed by atoms with Gasteiger partial charge in [-0.05, 0) is 12.8 Å². The van der Waals surface area contributed by atoms with Crippen molar-refractivity contribution in [2.45, 2.75) is 44.7 Å². The van der Waals surface area contributed by atoms with Gasteiger partial charge in [0, 0.05) is 57.3 Å². The summed E-state index contributed by atoms with van der Waals surface area (Å²) in [5.41, 5.74) is 0. The van der Waals surface area contributed by atoms with Gasteiger partial charge in [0.15, 0.2) is 0 Å². The minimum absolute atomic E-state index is 0.0401. The second kappa shape index (κ2) is 5.64. The lowest BCUT2D eigenvalue weighted by molar-refractivity contribution is -0.128. The molecule has 1 aromatic heterocycles. The number of likely N-dealkylation sites (tertiary alicyclic amines) is 1. The standard InChI is InChI=1S/C14H20N4O2/c19-13(5-8-17-7-1-2-14(17)20)16-11-3-4-12-15-6-9-18(12)10-11/h6,9,11H,1-5,7-8,10H2,(H,16,19)/t11-/m1/s1. The second-order valence-electron chi connectivity index (χ2n) is 5.53. The zero-order chi connectivity index (χ0) is 13.9. The van der Waals surface area contributed by atoms with E-state index in [9.17, 15) is 9.59 Å². The van der Waals surface area contributed by atoms with Crippen molar-refractivity contribution in [3.63, 3.8) is 0 Å². The topological polar surface area (TPSA) is 67.2 Å². The maximum absolute atomic E-state index is 12.0. The number of nitrogens with one attached hydrogen (secondary N) is 1. The molecule has 1 aromatic rings. The van der Waals surface area contributed by atoms with Gasteiger partial charge in [-0.25, -0.2) is 4.98 Å². The van der Waals surface area contributed by atoms with E-state index in [1.807, 2.05) is 6.20 Å². The number of aryl methyl sites for hydroxylation is 1. The number of imidazole rings is 1. The normalized spacial score (nSPS) is 21.9. The molecule has 0 aliphatic carbocycles. The average Bonchev–Trinajstić information content (AvgIpc) is 3.04. The first-order valence-corrected chi connectivity index (χ1v) is 7.29. The highest BCUT2D eigenvalue weighted by Crippen LogP contribution is 2.13. The summed E-state index contributed by atoms with van der Waals surface area (Å²) in [6, 6.07) is 0.179. The van der Waals surface area contributed by atoms with Crippen LogP contribution in [0.25, 0.3) is 0 Å². The Bertz CT molecular complexity index is 511. The maximum Gasteiger partial charge on any atom is 0.222 e. The van der Waals surface area contributed by atoms with Crippen LogP contribution in [0.3, 0.4) is 0 Å². The zero-order valence-electron chi connectivity index (χ0n) is 11.5. The third-order valence-corrected chi connectivity index (χ3v) is 4.08. The van der Waals surface area contributed by atoms with Gasteiger partial charge in [-0.15, -0.1) is 0 Å². The number of amides is 2. The van der Waals surface area contributed by atoms with Crippen LogP contribution in [0.1, 0.15) is 31.5 Å². The predicted octanol–water partition coefficient (Wildman–Crippen LogP) is 0.327. The molecule has 1 saturated heterocycles. The van der Waals surface area contributed by atoms with E-state index in [0.29, 0.717) is 19.4 Å². The smallest absolute Gasteiger partial charge is 0.222 e. The molecular formula is C14H20N4O2. The highest BCUT2D eigenvalue weighted by molar-refractivity contribution is 5.80. The molecule has 2 aliphatic rings. The fraction of sp³-hybridized carbons (Fsp3) is 0.643. The molecule has 3 rings (SSSR count). The van der Waals surface area contributed by atoms with E-state index in [-0.39, 0.29) is 17.9 Å². The molecule has 0 bridgehead atoms. The lowest BCUT2D eigenvalue weighted by Crippen LogP contribution is -2.42. The molecule has 0 unspecified atom stereocenters. The third-order valence-electron chi connectivity index (χ3n) is 4.08. The molecule has 2 aliphatic heterocycles. The molecule has 0 radical (unpaired) electrons. The Morgan fingerprint density at radius 1 is 1.45 bits per heavy atom. The van der Waals surface area contributed by atoms with Crippen LogP contribution in [0.2, 0.25) is 0 Å². The number of carbonyl (C=O) groups is 2. The highest BCUT2D eigenvalue weighted by atomic mass is 16.2. The first-order valence-electron chi connectivity index (χ1n) is 7.29. The average molecular weight is 276 g/mol. The number of hydrogen-bond acceptors (Lipinski definition) is 3. The molecule has 0 spiro atoms. The largest absolute Gasteiger partial charge is 0.352 e. The Labute approximate surface area is 118 Å². The van der Waals surface area contributed by atoms with Crippen molar-refractivity contribution in [2.75, 3.05) is 13.1 Å². The lowest BCUT2D eigenvalue weighted by atomic mass is 10.1. The maximum atomic E-state index is 12.0. The van der Waals surface area contributed by atoms with Crippen LogP contribution in [-0.2, 0) is 22.6 Å². The van der Waals surface area contributed by atoms with Gasteiger partial charge in [-0.3, -0.25) is 9.59 Å². The molecule has 0 aromatic carbocycles. The molecule has 1 fully saturated rings. The lowest BCUT2D eigenvalue weighted by Gasteiger charge is -2.25. The molecule has 3 heterocycles. The predicted molar refractivity (Wildman–Crippen MR) is 72.9 cm³/mol. The van der Waals surface area contributed by atoms with Crippen molar-refractivity contribution in [1.82, 2.24) is 19.8 Å². The monoisotopic (exact) mass is 276 g/mol. The summed E-state index contributed by atoms with van der Waals surface area (Å²) in [5.74, 6) is 1.31. The molecule has 20 heavy (non-hydrogen) atoms.